The SMILES string of the molecule is CC1(c2ccccc2)c2ccccc2-c2c(-c3ccc(N(c4ccc(-c5cccc6ccccc56)cc4)c4cccc5ccccc45)c4ccccc34)cccc21. The van der Waals surface area contributed by atoms with Crippen LogP contribution in [0.25, 0.3) is 65.7 Å². The molecule has 0 aliphatic heterocycles. The molecule has 1 aliphatic carbocycles. The van der Waals surface area contributed by atoms with Crippen molar-refractivity contribution in [2.24, 2.45) is 0 Å². The van der Waals surface area contributed by atoms with Crippen molar-refractivity contribution < 1.29 is 0 Å². The molecule has 1 nitrogen and oxygen atoms in total. The van der Waals surface area contributed by atoms with Gasteiger partial charge in [-0.2, -0.15) is 0 Å². The summed E-state index contributed by atoms with van der Waals surface area (Å²) < 4.78 is 0. The highest BCUT2D eigenvalue weighted by Crippen LogP contribution is 2.56. The zero-order valence-electron chi connectivity index (χ0n) is 31.7. The third-order valence-electron chi connectivity index (χ3n) is 12.4. The van der Waals surface area contributed by atoms with E-state index in [0.717, 1.165) is 17.1 Å². The van der Waals surface area contributed by atoms with Crippen LogP contribution in [0, 0.1) is 0 Å². The summed E-state index contributed by atoms with van der Waals surface area (Å²) in [5.41, 5.74) is 14.7. The first-order valence-electron chi connectivity index (χ1n) is 19.9. The van der Waals surface area contributed by atoms with Crippen LogP contribution in [0.1, 0.15) is 23.6 Å². The van der Waals surface area contributed by atoms with Crippen molar-refractivity contribution in [1.29, 1.82) is 0 Å². The van der Waals surface area contributed by atoms with Crippen molar-refractivity contribution in [1.82, 2.24) is 0 Å². The number of hydrogen-bond donors (Lipinski definition) is 0. The fourth-order valence-corrected chi connectivity index (χ4v) is 9.64. The van der Waals surface area contributed by atoms with Crippen LogP contribution in [0.5, 0.6) is 0 Å². The maximum atomic E-state index is 2.46. The molecule has 0 fully saturated rings. The van der Waals surface area contributed by atoms with Gasteiger partial charge in [0.25, 0.3) is 0 Å². The zero-order chi connectivity index (χ0) is 37.9. The molecule has 0 amide bonds. The summed E-state index contributed by atoms with van der Waals surface area (Å²) in [6.07, 6.45) is 0. The lowest BCUT2D eigenvalue weighted by atomic mass is 9.74. The molecule has 0 bridgehead atoms. The van der Waals surface area contributed by atoms with Gasteiger partial charge in [0, 0.05) is 21.9 Å². The van der Waals surface area contributed by atoms with E-state index in [0.29, 0.717) is 0 Å². The maximum absolute atomic E-state index is 2.46. The standard InChI is InChI=1S/C56H39N/c1-56(41-20-3-2-4-21-41)51-29-12-11-26-50(51)55-49(28-15-30-52(55)56)47-36-37-54(48-25-10-9-24-46(47)48)57(53-31-14-19-39-17-6-8-23-45(39)53)42-34-32-40(33-35-42)44-27-13-18-38-16-5-7-22-43(38)44/h2-37H,1H3. The largest absolute Gasteiger partial charge is 0.309 e. The molecule has 0 N–H and O–H groups in total. The van der Waals surface area contributed by atoms with Crippen molar-refractivity contribution in [3.05, 3.63) is 235 Å². The van der Waals surface area contributed by atoms with Crippen LogP contribution in [-0.4, -0.2) is 0 Å². The van der Waals surface area contributed by atoms with Gasteiger partial charge in [-0.1, -0.05) is 194 Å². The van der Waals surface area contributed by atoms with Crippen molar-refractivity contribution in [3.63, 3.8) is 0 Å². The molecule has 57 heavy (non-hydrogen) atoms. The van der Waals surface area contributed by atoms with Crippen molar-refractivity contribution >= 4 is 49.4 Å². The predicted molar refractivity (Wildman–Crippen MR) is 242 cm³/mol. The molecule has 1 atom stereocenters. The van der Waals surface area contributed by atoms with E-state index >= 15 is 0 Å². The molecule has 1 aliphatic rings. The number of rotatable bonds is 6. The molecule has 0 saturated heterocycles. The molecule has 268 valence electrons. The van der Waals surface area contributed by atoms with Crippen LogP contribution in [-0.2, 0) is 5.41 Å². The van der Waals surface area contributed by atoms with E-state index in [1.165, 1.54) is 82.4 Å². The smallest absolute Gasteiger partial charge is 0.0540 e. The van der Waals surface area contributed by atoms with Gasteiger partial charge in [0.2, 0.25) is 0 Å². The second-order valence-electron chi connectivity index (χ2n) is 15.3. The van der Waals surface area contributed by atoms with Crippen molar-refractivity contribution in [3.8, 4) is 33.4 Å². The van der Waals surface area contributed by atoms with E-state index in [2.05, 4.69) is 230 Å². The van der Waals surface area contributed by atoms with Gasteiger partial charge in [0.1, 0.15) is 0 Å². The van der Waals surface area contributed by atoms with E-state index in [9.17, 15) is 0 Å². The van der Waals surface area contributed by atoms with Gasteiger partial charge in [0.15, 0.2) is 0 Å². The molecule has 0 spiro atoms. The number of benzene rings is 10. The molecule has 10 aromatic rings. The maximum Gasteiger partial charge on any atom is 0.0540 e. The number of nitrogens with zero attached hydrogens (tertiary/aromatic N) is 1. The molecule has 0 radical (unpaired) electrons. The Kier molecular flexibility index (Phi) is 7.69. The van der Waals surface area contributed by atoms with Crippen LogP contribution in [0.15, 0.2) is 218 Å². The van der Waals surface area contributed by atoms with Crippen LogP contribution in [0.3, 0.4) is 0 Å². The minimum Gasteiger partial charge on any atom is -0.309 e. The molecule has 11 rings (SSSR count). The summed E-state index contributed by atoms with van der Waals surface area (Å²) in [6, 6.07) is 80.3. The molecule has 0 saturated carbocycles. The van der Waals surface area contributed by atoms with Crippen LogP contribution in [0.4, 0.5) is 17.1 Å². The zero-order valence-corrected chi connectivity index (χ0v) is 31.7. The Morgan fingerprint density at radius 1 is 0.333 bits per heavy atom. The Hall–Kier alpha value is -7.22. The molecule has 10 aromatic carbocycles. The predicted octanol–water partition coefficient (Wildman–Crippen LogP) is 15.3. The third-order valence-corrected chi connectivity index (χ3v) is 12.4. The minimum atomic E-state index is -0.262. The monoisotopic (exact) mass is 725 g/mol. The summed E-state index contributed by atoms with van der Waals surface area (Å²) in [7, 11) is 0. The summed E-state index contributed by atoms with van der Waals surface area (Å²) in [6.45, 7) is 2.39. The van der Waals surface area contributed by atoms with E-state index in [1.807, 2.05) is 0 Å². The lowest BCUT2D eigenvalue weighted by Gasteiger charge is -2.29. The van der Waals surface area contributed by atoms with Crippen LogP contribution < -0.4 is 4.90 Å². The first kappa shape index (κ1) is 33.1. The highest BCUT2D eigenvalue weighted by molar-refractivity contribution is 6.11. The highest BCUT2D eigenvalue weighted by Gasteiger charge is 2.41. The second-order valence-corrected chi connectivity index (χ2v) is 15.3. The van der Waals surface area contributed by atoms with Gasteiger partial charge in [-0.3, -0.25) is 0 Å². The van der Waals surface area contributed by atoms with Gasteiger partial charge in [0.05, 0.1) is 11.4 Å². The van der Waals surface area contributed by atoms with Crippen molar-refractivity contribution in [2.45, 2.75) is 12.3 Å². The van der Waals surface area contributed by atoms with E-state index in [4.69, 9.17) is 0 Å². The topological polar surface area (TPSA) is 3.24 Å². The molecular formula is C56H39N. The molecule has 1 heteroatoms. The summed E-state index contributed by atoms with van der Waals surface area (Å²) in [5, 5.41) is 7.37. The number of fused-ring (bicyclic) bond motifs is 6. The Balaban J connectivity index is 1.12. The van der Waals surface area contributed by atoms with Crippen LogP contribution >= 0.6 is 0 Å². The number of anilines is 3. The van der Waals surface area contributed by atoms with E-state index < -0.39 is 0 Å². The van der Waals surface area contributed by atoms with Gasteiger partial charge < -0.3 is 4.90 Å². The molecular weight excluding hydrogens is 687 g/mol. The van der Waals surface area contributed by atoms with E-state index in [-0.39, 0.29) is 5.41 Å². The quantitative estimate of drug-likeness (QED) is 0.165. The van der Waals surface area contributed by atoms with Gasteiger partial charge in [-0.15, -0.1) is 0 Å². The van der Waals surface area contributed by atoms with E-state index in [1.54, 1.807) is 0 Å². The Morgan fingerprint density at radius 3 is 1.68 bits per heavy atom. The molecule has 0 heterocycles. The summed E-state index contributed by atoms with van der Waals surface area (Å²) in [5.74, 6) is 0. The molecule has 1 unspecified atom stereocenters. The second kappa shape index (κ2) is 13.2. The Morgan fingerprint density at radius 2 is 0.877 bits per heavy atom. The van der Waals surface area contributed by atoms with Crippen molar-refractivity contribution in [2.75, 3.05) is 4.90 Å². The first-order chi connectivity index (χ1) is 28.2. The summed E-state index contributed by atoms with van der Waals surface area (Å²) in [4.78, 5) is 2.46. The van der Waals surface area contributed by atoms with Crippen LogP contribution in [0.2, 0.25) is 0 Å². The van der Waals surface area contributed by atoms with Gasteiger partial charge >= 0.3 is 0 Å². The Bertz CT molecular complexity index is 3130. The lowest BCUT2D eigenvalue weighted by molar-refractivity contribution is 0.714. The lowest BCUT2D eigenvalue weighted by Crippen LogP contribution is -2.22. The first-order valence-corrected chi connectivity index (χ1v) is 19.9. The highest BCUT2D eigenvalue weighted by atomic mass is 15.1. The van der Waals surface area contributed by atoms with Gasteiger partial charge in [-0.25, -0.2) is 0 Å². The third kappa shape index (κ3) is 5.16. The van der Waals surface area contributed by atoms with Gasteiger partial charge in [-0.05, 0) is 103 Å². The Labute approximate surface area is 333 Å². The summed E-state index contributed by atoms with van der Waals surface area (Å²) >= 11 is 0. The number of hydrogen-bond acceptors (Lipinski definition) is 1. The average molecular weight is 726 g/mol. The molecule has 0 aromatic heterocycles. The fourth-order valence-electron chi connectivity index (χ4n) is 9.64. The normalized spacial score (nSPS) is 14.5. The fraction of sp³-hybridized carbons (Fsp3) is 0.0357. The minimum absolute atomic E-state index is 0.262. The average Bonchev–Trinajstić information content (AvgIpc) is 3.56.